The Hall–Kier alpha value is -2.65. The Morgan fingerprint density at radius 2 is 1.86 bits per heavy atom. The standard InChI is InChI=1S/C15H21N.C10H10N2/c1-2-11-16-12-7-6-10-15(16)13-14-8-4-3-5-9-14;1-7-6-9(11)8-4-2-3-5-10(8)12-7/h2-5,8-9,15H,1,6-7,10-13H2;2-6H,1H3,(H2,11,12). The highest BCUT2D eigenvalue weighted by molar-refractivity contribution is 5.90. The molecule has 2 N–H and O–H groups in total. The fourth-order valence-electron chi connectivity index (χ4n) is 3.92. The summed E-state index contributed by atoms with van der Waals surface area (Å²) in [5, 5.41) is 1.03. The number of likely N-dealkylation sites (tertiary alicyclic amines) is 1. The summed E-state index contributed by atoms with van der Waals surface area (Å²) in [7, 11) is 0. The molecule has 1 saturated heterocycles. The second kappa shape index (κ2) is 10.0. The van der Waals surface area contributed by atoms with Crippen molar-refractivity contribution in [2.24, 2.45) is 0 Å². The van der Waals surface area contributed by atoms with Gasteiger partial charge in [-0.3, -0.25) is 9.88 Å². The van der Waals surface area contributed by atoms with E-state index in [2.05, 4.69) is 46.8 Å². The third kappa shape index (κ3) is 5.43. The maximum atomic E-state index is 5.82. The minimum Gasteiger partial charge on any atom is -0.398 e. The summed E-state index contributed by atoms with van der Waals surface area (Å²) in [6.45, 7) is 8.08. The van der Waals surface area contributed by atoms with Gasteiger partial charge in [0, 0.05) is 29.4 Å². The van der Waals surface area contributed by atoms with Crippen LogP contribution in [0.2, 0.25) is 0 Å². The van der Waals surface area contributed by atoms with Gasteiger partial charge in [-0.1, -0.05) is 61.0 Å². The third-order valence-electron chi connectivity index (χ3n) is 5.30. The van der Waals surface area contributed by atoms with Crippen molar-refractivity contribution in [2.75, 3.05) is 18.8 Å². The third-order valence-corrected chi connectivity index (χ3v) is 5.30. The van der Waals surface area contributed by atoms with Crippen LogP contribution in [0.3, 0.4) is 0 Å². The summed E-state index contributed by atoms with van der Waals surface area (Å²) in [6, 6.07) is 21.3. The van der Waals surface area contributed by atoms with Crippen molar-refractivity contribution in [3.05, 3.63) is 84.6 Å². The average molecular weight is 374 g/mol. The summed E-state index contributed by atoms with van der Waals surface area (Å²) in [6.07, 6.45) is 7.28. The molecule has 1 aliphatic rings. The highest BCUT2D eigenvalue weighted by Gasteiger charge is 2.21. The molecular formula is C25H31N3. The molecule has 1 unspecified atom stereocenters. The van der Waals surface area contributed by atoms with E-state index in [1.807, 2.05) is 43.3 Å². The summed E-state index contributed by atoms with van der Waals surface area (Å²) in [4.78, 5) is 6.93. The monoisotopic (exact) mass is 373 g/mol. The van der Waals surface area contributed by atoms with Gasteiger partial charge < -0.3 is 5.73 Å². The van der Waals surface area contributed by atoms with E-state index in [9.17, 15) is 0 Å². The van der Waals surface area contributed by atoms with Crippen LogP contribution in [0.1, 0.15) is 30.5 Å². The van der Waals surface area contributed by atoms with Gasteiger partial charge in [0.05, 0.1) is 5.52 Å². The number of pyridine rings is 1. The fraction of sp³-hybridized carbons (Fsp3) is 0.320. The number of rotatable bonds is 4. The number of aromatic nitrogens is 1. The first-order valence-corrected chi connectivity index (χ1v) is 10.2. The molecule has 146 valence electrons. The van der Waals surface area contributed by atoms with Crippen LogP contribution >= 0.6 is 0 Å². The molecule has 1 fully saturated rings. The average Bonchev–Trinajstić information content (AvgIpc) is 2.71. The van der Waals surface area contributed by atoms with Crippen LogP contribution in [0.15, 0.2) is 73.3 Å². The number of fused-ring (bicyclic) bond motifs is 1. The van der Waals surface area contributed by atoms with Gasteiger partial charge >= 0.3 is 0 Å². The van der Waals surface area contributed by atoms with E-state index in [0.29, 0.717) is 6.04 Å². The van der Waals surface area contributed by atoms with Gasteiger partial charge in [-0.05, 0) is 50.4 Å². The van der Waals surface area contributed by atoms with Crippen molar-refractivity contribution in [3.8, 4) is 0 Å². The number of para-hydroxylation sites is 1. The van der Waals surface area contributed by atoms with E-state index in [-0.39, 0.29) is 0 Å². The molecule has 28 heavy (non-hydrogen) atoms. The van der Waals surface area contributed by atoms with Gasteiger partial charge in [-0.15, -0.1) is 6.58 Å². The second-order valence-corrected chi connectivity index (χ2v) is 7.49. The van der Waals surface area contributed by atoms with Crippen LogP contribution in [0.25, 0.3) is 10.9 Å². The highest BCUT2D eigenvalue weighted by atomic mass is 15.2. The second-order valence-electron chi connectivity index (χ2n) is 7.49. The lowest BCUT2D eigenvalue weighted by Gasteiger charge is -2.35. The van der Waals surface area contributed by atoms with E-state index in [0.717, 1.165) is 28.8 Å². The van der Waals surface area contributed by atoms with E-state index >= 15 is 0 Å². The molecule has 3 heteroatoms. The number of nitrogens with two attached hydrogens (primary N) is 1. The van der Waals surface area contributed by atoms with Gasteiger partial charge in [-0.2, -0.15) is 0 Å². The van der Waals surface area contributed by atoms with Crippen LogP contribution in [-0.2, 0) is 6.42 Å². The Morgan fingerprint density at radius 3 is 2.64 bits per heavy atom. The molecule has 3 aromatic rings. The SMILES string of the molecule is C=CCN1CCCCC1Cc1ccccc1.Cc1cc(N)c2ccccc2n1. The molecule has 1 aromatic heterocycles. The zero-order valence-corrected chi connectivity index (χ0v) is 16.8. The highest BCUT2D eigenvalue weighted by Crippen LogP contribution is 2.21. The van der Waals surface area contributed by atoms with E-state index in [1.165, 1.54) is 37.8 Å². The van der Waals surface area contributed by atoms with Crippen LogP contribution in [0, 0.1) is 6.92 Å². The number of aryl methyl sites for hydroxylation is 1. The van der Waals surface area contributed by atoms with Gasteiger partial charge in [0.15, 0.2) is 0 Å². The molecule has 4 rings (SSSR count). The number of hydrogen-bond acceptors (Lipinski definition) is 3. The molecule has 0 radical (unpaired) electrons. The molecule has 0 spiro atoms. The molecule has 2 aromatic carbocycles. The Kier molecular flexibility index (Phi) is 7.21. The molecule has 2 heterocycles. The van der Waals surface area contributed by atoms with Crippen molar-refractivity contribution >= 4 is 16.6 Å². The largest absolute Gasteiger partial charge is 0.398 e. The first-order chi connectivity index (χ1) is 13.7. The van der Waals surface area contributed by atoms with E-state index in [4.69, 9.17) is 5.73 Å². The number of nitrogen functional groups attached to an aromatic ring is 1. The topological polar surface area (TPSA) is 42.1 Å². The molecule has 0 saturated carbocycles. The quantitative estimate of drug-likeness (QED) is 0.623. The van der Waals surface area contributed by atoms with Crippen molar-refractivity contribution in [3.63, 3.8) is 0 Å². The van der Waals surface area contributed by atoms with Crippen molar-refractivity contribution in [1.82, 2.24) is 9.88 Å². The first kappa shape index (κ1) is 20.1. The van der Waals surface area contributed by atoms with Gasteiger partial charge in [0.1, 0.15) is 0 Å². The van der Waals surface area contributed by atoms with E-state index < -0.39 is 0 Å². The molecule has 0 amide bonds. The van der Waals surface area contributed by atoms with Crippen molar-refractivity contribution < 1.29 is 0 Å². The number of piperidine rings is 1. The van der Waals surface area contributed by atoms with Crippen molar-refractivity contribution in [2.45, 2.75) is 38.6 Å². The minimum atomic E-state index is 0.717. The Bertz CT molecular complexity index is 889. The molecule has 1 aliphatic heterocycles. The first-order valence-electron chi connectivity index (χ1n) is 10.2. The lowest BCUT2D eigenvalue weighted by atomic mass is 9.95. The Morgan fingerprint density at radius 1 is 1.11 bits per heavy atom. The molecular weight excluding hydrogens is 342 g/mol. The van der Waals surface area contributed by atoms with Crippen LogP contribution in [0.5, 0.6) is 0 Å². The summed E-state index contributed by atoms with van der Waals surface area (Å²) >= 11 is 0. The zero-order valence-electron chi connectivity index (χ0n) is 16.8. The van der Waals surface area contributed by atoms with Crippen LogP contribution in [0.4, 0.5) is 5.69 Å². The molecule has 0 aliphatic carbocycles. The maximum absolute atomic E-state index is 5.82. The van der Waals surface area contributed by atoms with Gasteiger partial charge in [0.2, 0.25) is 0 Å². The number of benzene rings is 2. The molecule has 1 atom stereocenters. The number of anilines is 1. The smallest absolute Gasteiger partial charge is 0.0725 e. The Balaban J connectivity index is 0.000000167. The number of hydrogen-bond donors (Lipinski definition) is 1. The summed E-state index contributed by atoms with van der Waals surface area (Å²) in [5.74, 6) is 0. The lowest BCUT2D eigenvalue weighted by Crippen LogP contribution is -2.40. The summed E-state index contributed by atoms with van der Waals surface area (Å²) in [5.41, 5.74) is 10.0. The lowest BCUT2D eigenvalue weighted by molar-refractivity contribution is 0.164. The Labute approximate surface area is 168 Å². The maximum Gasteiger partial charge on any atom is 0.0725 e. The predicted octanol–water partition coefficient (Wildman–Crippen LogP) is 5.40. The predicted molar refractivity (Wildman–Crippen MR) is 120 cm³/mol. The van der Waals surface area contributed by atoms with Gasteiger partial charge in [0.25, 0.3) is 0 Å². The van der Waals surface area contributed by atoms with Crippen LogP contribution in [-0.4, -0.2) is 29.0 Å². The normalized spacial score (nSPS) is 17.0. The minimum absolute atomic E-state index is 0.717. The molecule has 0 bridgehead atoms. The molecule has 3 nitrogen and oxygen atoms in total. The van der Waals surface area contributed by atoms with Crippen LogP contribution < -0.4 is 5.73 Å². The van der Waals surface area contributed by atoms with Gasteiger partial charge in [-0.25, -0.2) is 0 Å². The zero-order chi connectivity index (χ0) is 19.8. The fourth-order valence-corrected chi connectivity index (χ4v) is 3.92. The van der Waals surface area contributed by atoms with E-state index in [1.54, 1.807) is 0 Å². The van der Waals surface area contributed by atoms with Crippen molar-refractivity contribution in [1.29, 1.82) is 0 Å². The number of nitrogens with zero attached hydrogens (tertiary/aromatic N) is 2. The summed E-state index contributed by atoms with van der Waals surface area (Å²) < 4.78 is 0.